The zero-order valence-electron chi connectivity index (χ0n) is 13.4. The van der Waals surface area contributed by atoms with Crippen molar-refractivity contribution in [3.63, 3.8) is 0 Å². The fourth-order valence-electron chi connectivity index (χ4n) is 2.04. The Morgan fingerprint density at radius 2 is 2.17 bits per heavy atom. The third-order valence-electron chi connectivity index (χ3n) is 3.33. The molecule has 0 spiro atoms. The van der Waals surface area contributed by atoms with Gasteiger partial charge in [0.25, 0.3) is 5.91 Å². The van der Waals surface area contributed by atoms with E-state index < -0.39 is 12.1 Å². The summed E-state index contributed by atoms with van der Waals surface area (Å²) in [5.41, 5.74) is 0.735. The van der Waals surface area contributed by atoms with E-state index in [0.717, 1.165) is 5.56 Å². The van der Waals surface area contributed by atoms with E-state index in [1.807, 2.05) is 6.92 Å². The van der Waals surface area contributed by atoms with Crippen LogP contribution in [0, 0.1) is 0 Å². The maximum absolute atomic E-state index is 12.2. The average Bonchev–Trinajstić information content (AvgIpc) is 2.81. The molecule has 0 radical (unpaired) electrons. The molecule has 0 bridgehead atoms. The Kier molecular flexibility index (Phi) is 5.84. The molecule has 1 aliphatic rings. The normalized spacial score (nSPS) is 17.3. The van der Waals surface area contributed by atoms with Crippen molar-refractivity contribution in [1.82, 2.24) is 4.90 Å². The van der Waals surface area contributed by atoms with Crippen molar-refractivity contribution in [2.24, 2.45) is 0 Å². The zero-order valence-corrected chi connectivity index (χ0v) is 15.1. The molecule has 128 valence electrons. The number of amides is 1. The smallest absolute Gasteiger partial charge is 0.344 e. The number of carbonyl (C=O) groups excluding carboxylic acids is 1. The average molecular weight is 367 g/mol. The number of likely N-dealkylation sites (N-methyl/N-ethyl adjacent to an activating group) is 1. The molecule has 1 aromatic carbocycles. The van der Waals surface area contributed by atoms with Gasteiger partial charge >= 0.3 is 5.97 Å². The fraction of sp³-hybridized carbons (Fsp3) is 0.312. The Balaban J connectivity index is 2.27. The number of nitrogens with zero attached hydrogens (tertiary/aromatic N) is 1. The van der Waals surface area contributed by atoms with Gasteiger partial charge in [-0.25, -0.2) is 4.79 Å². The van der Waals surface area contributed by atoms with Gasteiger partial charge in [-0.2, -0.15) is 0 Å². The lowest BCUT2D eigenvalue weighted by atomic mass is 10.2. The molecule has 2 rings (SSSR count). The third-order valence-corrected chi connectivity index (χ3v) is 4.70. The Hall–Kier alpha value is -2.06. The highest BCUT2D eigenvalue weighted by Crippen LogP contribution is 2.34. The highest BCUT2D eigenvalue weighted by atomic mass is 32.2. The molecule has 1 aromatic rings. The van der Waals surface area contributed by atoms with Gasteiger partial charge < -0.3 is 14.6 Å². The predicted octanol–water partition coefficient (Wildman–Crippen LogP) is 2.77. The van der Waals surface area contributed by atoms with E-state index in [1.165, 1.54) is 30.7 Å². The summed E-state index contributed by atoms with van der Waals surface area (Å²) in [6, 6.07) is 5.03. The Morgan fingerprint density at radius 1 is 1.46 bits per heavy atom. The minimum atomic E-state index is -1.07. The van der Waals surface area contributed by atoms with Gasteiger partial charge in [0.05, 0.1) is 12.0 Å². The first-order valence-corrected chi connectivity index (χ1v) is 8.42. The lowest BCUT2D eigenvalue weighted by Crippen LogP contribution is -2.27. The van der Waals surface area contributed by atoms with Gasteiger partial charge in [0.1, 0.15) is 4.32 Å². The number of carboxylic acid groups (broad SMARTS) is 1. The van der Waals surface area contributed by atoms with Gasteiger partial charge in [-0.3, -0.25) is 9.69 Å². The Bertz CT molecular complexity index is 716. The summed E-state index contributed by atoms with van der Waals surface area (Å²) in [5.74, 6) is -0.468. The number of thiocarbonyl (C=S) groups is 1. The second kappa shape index (κ2) is 7.67. The molecule has 1 aliphatic heterocycles. The lowest BCUT2D eigenvalue weighted by molar-refractivity contribution is -0.144. The molecule has 24 heavy (non-hydrogen) atoms. The molecule has 6 nitrogen and oxygen atoms in total. The zero-order chi connectivity index (χ0) is 17.9. The second-order valence-electron chi connectivity index (χ2n) is 4.93. The quantitative estimate of drug-likeness (QED) is 0.612. The maximum Gasteiger partial charge on any atom is 0.344 e. The van der Waals surface area contributed by atoms with Crippen molar-refractivity contribution >= 4 is 46.3 Å². The van der Waals surface area contributed by atoms with Crippen LogP contribution < -0.4 is 9.47 Å². The molecule has 0 aromatic heterocycles. The monoisotopic (exact) mass is 367 g/mol. The minimum Gasteiger partial charge on any atom is -0.493 e. The molecular formula is C16H17NO5S2. The maximum atomic E-state index is 12.2. The molecule has 8 heteroatoms. The van der Waals surface area contributed by atoms with Crippen molar-refractivity contribution in [3.05, 3.63) is 28.7 Å². The number of carbonyl (C=O) groups is 2. The van der Waals surface area contributed by atoms with E-state index in [0.29, 0.717) is 27.3 Å². The van der Waals surface area contributed by atoms with Crippen molar-refractivity contribution in [2.45, 2.75) is 20.0 Å². The SMILES string of the molecule is CCN1C(=O)/C(=C\c2ccc(OC(C)C(=O)O)c(OC)c2)SC1=S. The third kappa shape index (κ3) is 3.88. The molecule has 1 heterocycles. The van der Waals surface area contributed by atoms with E-state index in [-0.39, 0.29) is 5.91 Å². The standard InChI is InChI=1S/C16H17NO5S2/c1-4-17-14(18)13(24-16(17)23)8-10-5-6-11(12(7-10)21-3)22-9(2)15(19)20/h5-9H,4H2,1-3H3,(H,19,20)/b13-8+. The van der Waals surface area contributed by atoms with Gasteiger partial charge in [0.15, 0.2) is 17.6 Å². The van der Waals surface area contributed by atoms with Crippen LogP contribution in [0.4, 0.5) is 0 Å². The topological polar surface area (TPSA) is 76.1 Å². The molecule has 1 atom stereocenters. The number of hydrogen-bond acceptors (Lipinski definition) is 6. The first kappa shape index (κ1) is 18.3. The van der Waals surface area contributed by atoms with E-state index in [1.54, 1.807) is 24.3 Å². The van der Waals surface area contributed by atoms with Gasteiger partial charge in [0.2, 0.25) is 0 Å². The van der Waals surface area contributed by atoms with Crippen LogP contribution in [0.25, 0.3) is 6.08 Å². The van der Waals surface area contributed by atoms with Crippen LogP contribution in [0.1, 0.15) is 19.4 Å². The fourth-order valence-corrected chi connectivity index (χ4v) is 3.42. The minimum absolute atomic E-state index is 0.119. The van der Waals surface area contributed by atoms with Crippen LogP contribution >= 0.6 is 24.0 Å². The summed E-state index contributed by atoms with van der Waals surface area (Å²) in [7, 11) is 1.47. The summed E-state index contributed by atoms with van der Waals surface area (Å²) in [6.45, 7) is 3.84. The van der Waals surface area contributed by atoms with Crippen LogP contribution in [0.15, 0.2) is 23.1 Å². The van der Waals surface area contributed by atoms with Crippen molar-refractivity contribution in [3.8, 4) is 11.5 Å². The van der Waals surface area contributed by atoms with Gasteiger partial charge in [-0.05, 0) is 37.6 Å². The first-order valence-electron chi connectivity index (χ1n) is 7.20. The van der Waals surface area contributed by atoms with Crippen molar-refractivity contribution in [1.29, 1.82) is 0 Å². The Morgan fingerprint density at radius 3 is 2.71 bits per heavy atom. The number of benzene rings is 1. The second-order valence-corrected chi connectivity index (χ2v) is 6.61. The van der Waals surface area contributed by atoms with Crippen LogP contribution in [-0.4, -0.2) is 46.0 Å². The number of methoxy groups -OCH3 is 1. The van der Waals surface area contributed by atoms with Crippen LogP contribution in [0.2, 0.25) is 0 Å². The number of carboxylic acids is 1. The van der Waals surface area contributed by atoms with Crippen molar-refractivity contribution in [2.75, 3.05) is 13.7 Å². The molecule has 1 saturated heterocycles. The number of aliphatic carboxylic acids is 1. The summed E-state index contributed by atoms with van der Waals surface area (Å²) in [6.07, 6.45) is 0.729. The molecule has 1 fully saturated rings. The van der Waals surface area contributed by atoms with Crippen LogP contribution in [0.5, 0.6) is 11.5 Å². The van der Waals surface area contributed by atoms with E-state index in [4.69, 9.17) is 26.8 Å². The molecule has 1 N–H and O–H groups in total. The number of rotatable bonds is 6. The number of ether oxygens (including phenoxy) is 2. The molecule has 0 aliphatic carbocycles. The van der Waals surface area contributed by atoms with Gasteiger partial charge in [0, 0.05) is 6.54 Å². The molecule has 1 amide bonds. The summed E-state index contributed by atoms with van der Waals surface area (Å²) >= 11 is 6.43. The molecule has 0 saturated carbocycles. The number of hydrogen-bond donors (Lipinski definition) is 1. The highest BCUT2D eigenvalue weighted by Gasteiger charge is 2.30. The highest BCUT2D eigenvalue weighted by molar-refractivity contribution is 8.26. The van der Waals surface area contributed by atoms with Crippen LogP contribution in [-0.2, 0) is 9.59 Å². The van der Waals surface area contributed by atoms with Crippen LogP contribution in [0.3, 0.4) is 0 Å². The number of thioether (sulfide) groups is 1. The van der Waals surface area contributed by atoms with Gasteiger partial charge in [-0.15, -0.1) is 0 Å². The lowest BCUT2D eigenvalue weighted by Gasteiger charge is -2.14. The summed E-state index contributed by atoms with van der Waals surface area (Å²) in [5, 5.41) is 8.92. The van der Waals surface area contributed by atoms with E-state index >= 15 is 0 Å². The van der Waals surface area contributed by atoms with E-state index in [9.17, 15) is 9.59 Å². The first-order chi connectivity index (χ1) is 11.4. The van der Waals surface area contributed by atoms with Gasteiger partial charge in [-0.1, -0.05) is 30.0 Å². The molecule has 1 unspecified atom stereocenters. The Labute approximate surface area is 149 Å². The largest absolute Gasteiger partial charge is 0.493 e. The summed E-state index contributed by atoms with van der Waals surface area (Å²) in [4.78, 5) is 25.2. The van der Waals surface area contributed by atoms with Crippen molar-refractivity contribution < 1.29 is 24.2 Å². The molecular weight excluding hydrogens is 350 g/mol. The predicted molar refractivity (Wildman–Crippen MR) is 96.3 cm³/mol. The van der Waals surface area contributed by atoms with E-state index in [2.05, 4.69) is 0 Å². The summed E-state index contributed by atoms with van der Waals surface area (Å²) < 4.78 is 11.1.